The summed E-state index contributed by atoms with van der Waals surface area (Å²) in [5, 5.41) is 12.2. The van der Waals surface area contributed by atoms with E-state index >= 15 is 4.39 Å². The predicted octanol–water partition coefficient (Wildman–Crippen LogP) is 6.60. The Hall–Kier alpha value is -5.53. The van der Waals surface area contributed by atoms with Gasteiger partial charge in [0.2, 0.25) is 23.6 Å². The lowest BCUT2D eigenvalue weighted by Crippen LogP contribution is -2.79. The summed E-state index contributed by atoms with van der Waals surface area (Å²) in [5.41, 5.74) is -0.870. The van der Waals surface area contributed by atoms with E-state index in [1.807, 2.05) is 31.7 Å². The molecular weight excluding hydrogens is 902 g/mol. The van der Waals surface area contributed by atoms with E-state index in [9.17, 15) is 37.1 Å². The van der Waals surface area contributed by atoms with Crippen LogP contribution in [0.15, 0.2) is 48.7 Å². The lowest BCUT2D eigenvalue weighted by Gasteiger charge is -2.70. The summed E-state index contributed by atoms with van der Waals surface area (Å²) in [7, 11) is 0. The first-order valence-electron chi connectivity index (χ1n) is 23.6. The van der Waals surface area contributed by atoms with Crippen LogP contribution >= 0.6 is 11.6 Å². The Kier molecular flexibility index (Phi) is 10.1. The summed E-state index contributed by atoms with van der Waals surface area (Å²) >= 11 is 6.39. The molecule has 1 unspecified atom stereocenters. The topological polar surface area (TPSA) is 153 Å². The lowest BCUT2D eigenvalue weighted by atomic mass is 9.38. The number of hydrogen-bond acceptors (Lipinski definition) is 8. The molecule has 4 saturated carbocycles. The summed E-state index contributed by atoms with van der Waals surface area (Å²) in [6.45, 7) is 7.72. The monoisotopic (exact) mass is 953 g/mol. The number of amides is 5. The fourth-order valence-corrected chi connectivity index (χ4v) is 13.5. The zero-order valence-electron chi connectivity index (χ0n) is 38.0. The van der Waals surface area contributed by atoms with Gasteiger partial charge in [-0.3, -0.25) is 34.3 Å². The average Bonchev–Trinajstić information content (AvgIpc) is 3.47. The molecule has 3 aromatic rings. The molecule has 9 aliphatic rings. The van der Waals surface area contributed by atoms with Gasteiger partial charge in [-0.05, 0) is 92.2 Å². The smallest absolute Gasteiger partial charge is 0.384 e. The van der Waals surface area contributed by atoms with E-state index in [1.54, 1.807) is 24.3 Å². The maximum absolute atomic E-state index is 16.3. The van der Waals surface area contributed by atoms with Gasteiger partial charge >= 0.3 is 6.18 Å². The van der Waals surface area contributed by atoms with E-state index in [-0.39, 0.29) is 82.6 Å². The Balaban J connectivity index is 0.783. The Bertz CT molecular complexity index is 2780. The van der Waals surface area contributed by atoms with Crippen molar-refractivity contribution in [3.05, 3.63) is 93.0 Å². The maximum atomic E-state index is 16.3. The molecule has 2 aromatic carbocycles. The Morgan fingerprint density at radius 2 is 1.82 bits per heavy atom. The quantitative estimate of drug-likeness (QED) is 0.123. The summed E-state index contributed by atoms with van der Waals surface area (Å²) in [6.07, 6.45) is 1.55. The van der Waals surface area contributed by atoms with Crippen molar-refractivity contribution in [3.8, 4) is 11.8 Å². The van der Waals surface area contributed by atoms with Crippen molar-refractivity contribution in [1.29, 1.82) is 0 Å². The van der Waals surface area contributed by atoms with Gasteiger partial charge in [-0.25, -0.2) is 4.39 Å². The molecule has 12 rings (SSSR count). The second-order valence-corrected chi connectivity index (χ2v) is 22.5. The van der Waals surface area contributed by atoms with Gasteiger partial charge in [0.25, 0.3) is 5.91 Å². The standard InChI is InChI=1S/C51H52ClF4N7O5/c1-46(2,3)19-37-50(25-58-34-17-36(51(54,55)56)57-20-32(34)50)39(30-9-5-10-33(52)40(30)53)41(59-37)43(66)61-49-22-48(23-49,24-49)45(68)62-16-6-15-47(26-62)18-28(47)12-11-27-7-4-8-29-31(27)21-63(44(29)67)35-13-14-38(64)60-42(35)65/h4-5,7-10,17,20,28,35,37,39,41,58-59H,6,13-16,18-19,21-26H2,1-3H3,(H,61,66)(H,60,64,65)/t28-,35?,37+,39+,41-,47+,48?,49?,50+/m1/s1. The number of anilines is 1. The highest BCUT2D eigenvalue weighted by atomic mass is 35.5. The van der Waals surface area contributed by atoms with Crippen molar-refractivity contribution < 1.29 is 41.5 Å². The van der Waals surface area contributed by atoms with Gasteiger partial charge in [-0.2, -0.15) is 13.2 Å². The normalized spacial score (nSPS) is 33.2. The number of carbonyl (C=O) groups excluding carboxylic acids is 5. The number of likely N-dealkylation sites (tertiary alicyclic amines) is 1. The summed E-state index contributed by atoms with van der Waals surface area (Å²) in [4.78, 5) is 74.3. The number of imide groups is 1. The van der Waals surface area contributed by atoms with Gasteiger partial charge in [0.05, 0.1) is 16.5 Å². The van der Waals surface area contributed by atoms with Gasteiger partial charge in [0, 0.05) is 95.4 Å². The number of piperidine rings is 2. The first-order valence-corrected chi connectivity index (χ1v) is 23.9. The van der Waals surface area contributed by atoms with E-state index in [0.717, 1.165) is 36.5 Å². The van der Waals surface area contributed by atoms with Crippen molar-refractivity contribution >= 4 is 46.8 Å². The van der Waals surface area contributed by atoms with Crippen molar-refractivity contribution in [2.45, 2.75) is 126 Å². The van der Waals surface area contributed by atoms with Crippen LogP contribution in [0.3, 0.4) is 0 Å². The molecule has 68 heavy (non-hydrogen) atoms. The minimum absolute atomic E-state index is 0.0713. The summed E-state index contributed by atoms with van der Waals surface area (Å²) < 4.78 is 58.0. The van der Waals surface area contributed by atoms with Crippen LogP contribution in [-0.2, 0) is 37.3 Å². The van der Waals surface area contributed by atoms with E-state index in [0.29, 0.717) is 49.9 Å². The van der Waals surface area contributed by atoms with Gasteiger partial charge in [-0.1, -0.05) is 62.4 Å². The van der Waals surface area contributed by atoms with Gasteiger partial charge in [-0.15, -0.1) is 0 Å². The molecule has 1 aromatic heterocycles. The highest BCUT2D eigenvalue weighted by Gasteiger charge is 2.74. The molecule has 2 spiro atoms. The average molecular weight is 954 g/mol. The molecular formula is C51H52ClF4N7O5. The molecule has 4 N–H and O–H groups in total. The fraction of sp³-hybridized carbons (Fsp3) is 0.529. The van der Waals surface area contributed by atoms with Gasteiger partial charge in [0.1, 0.15) is 17.6 Å². The van der Waals surface area contributed by atoms with Crippen LogP contribution in [0.25, 0.3) is 0 Å². The number of fused-ring (bicyclic) bond motifs is 3. The van der Waals surface area contributed by atoms with Crippen LogP contribution < -0.4 is 21.3 Å². The molecule has 0 radical (unpaired) electrons. The largest absolute Gasteiger partial charge is 0.433 e. The number of rotatable bonds is 6. The SMILES string of the molecule is CC(C)(C)C[C@@H]1N[C@@H](C(=O)NC23CC(C(=O)N4CCC[C@]5(C[C@H]5C#Cc5cccc6c5CN(C5CCC(=O)NC5=O)C6=O)C4)(C2)C3)[C@H](c2cccc(Cl)c2F)[C@]12CNc1cc(C(F)(F)F)ncc12. The van der Waals surface area contributed by atoms with Crippen molar-refractivity contribution in [3.63, 3.8) is 0 Å². The zero-order chi connectivity index (χ0) is 47.9. The van der Waals surface area contributed by atoms with E-state index < -0.39 is 64.0 Å². The number of benzene rings is 2. The first-order chi connectivity index (χ1) is 32.1. The van der Waals surface area contributed by atoms with E-state index in [2.05, 4.69) is 38.1 Å². The second-order valence-electron chi connectivity index (χ2n) is 22.1. The molecule has 5 amide bonds. The number of nitrogens with one attached hydrogen (secondary N) is 4. The Morgan fingerprint density at radius 3 is 2.56 bits per heavy atom. The molecule has 6 heterocycles. The molecule has 356 valence electrons. The van der Waals surface area contributed by atoms with Gasteiger partial charge in [0.15, 0.2) is 0 Å². The summed E-state index contributed by atoms with van der Waals surface area (Å²) in [6, 6.07) is 8.85. The molecule has 2 bridgehead atoms. The highest BCUT2D eigenvalue weighted by Crippen LogP contribution is 2.69. The number of alkyl halides is 3. The molecule has 5 aliphatic heterocycles. The second kappa shape index (κ2) is 15.2. The van der Waals surface area contributed by atoms with Gasteiger partial charge < -0.3 is 25.8 Å². The van der Waals surface area contributed by atoms with Crippen LogP contribution in [0.2, 0.25) is 5.02 Å². The van der Waals surface area contributed by atoms with E-state index in [4.69, 9.17) is 11.6 Å². The molecule has 7 atom stereocenters. The number of nitrogens with zero attached hydrogens (tertiary/aromatic N) is 3. The van der Waals surface area contributed by atoms with Crippen LogP contribution in [0.1, 0.15) is 123 Å². The lowest BCUT2D eigenvalue weighted by molar-refractivity contribution is -0.195. The van der Waals surface area contributed by atoms with E-state index in [1.165, 1.54) is 17.2 Å². The minimum Gasteiger partial charge on any atom is -0.384 e. The fourth-order valence-electron chi connectivity index (χ4n) is 13.4. The Labute approximate surface area is 396 Å². The maximum Gasteiger partial charge on any atom is 0.433 e. The first kappa shape index (κ1) is 44.9. The number of pyridine rings is 1. The molecule has 3 saturated heterocycles. The third-order valence-corrected chi connectivity index (χ3v) is 16.8. The van der Waals surface area contributed by atoms with Crippen molar-refractivity contribution in [1.82, 2.24) is 30.7 Å². The van der Waals surface area contributed by atoms with Crippen LogP contribution in [0.4, 0.5) is 23.2 Å². The molecule has 17 heteroatoms. The minimum atomic E-state index is -4.68. The number of carbonyl (C=O) groups is 5. The van der Waals surface area contributed by atoms with Crippen LogP contribution in [0.5, 0.6) is 0 Å². The Morgan fingerprint density at radius 1 is 1.06 bits per heavy atom. The number of aromatic nitrogens is 1. The van der Waals surface area contributed by atoms with Crippen molar-refractivity contribution in [2.75, 3.05) is 25.0 Å². The van der Waals surface area contributed by atoms with Crippen LogP contribution in [-0.4, -0.2) is 87.6 Å². The predicted molar refractivity (Wildman–Crippen MR) is 241 cm³/mol. The zero-order valence-corrected chi connectivity index (χ0v) is 38.7. The van der Waals surface area contributed by atoms with Crippen LogP contribution in [0, 0.1) is 39.8 Å². The third kappa shape index (κ3) is 7.03. The number of halogens is 5. The molecule has 12 nitrogen and oxygen atoms in total. The van der Waals surface area contributed by atoms with Crippen molar-refractivity contribution in [2.24, 2.45) is 22.2 Å². The highest BCUT2D eigenvalue weighted by molar-refractivity contribution is 6.30. The third-order valence-electron chi connectivity index (χ3n) is 16.5. The molecule has 4 aliphatic carbocycles. The molecule has 7 fully saturated rings. The summed E-state index contributed by atoms with van der Waals surface area (Å²) in [5.74, 6) is 3.97. The number of hydrogen-bond donors (Lipinski definition) is 4.